The molecule has 1 aliphatic rings. The molecule has 5 nitrogen and oxygen atoms in total. The summed E-state index contributed by atoms with van der Waals surface area (Å²) in [6.07, 6.45) is 5.61. The highest BCUT2D eigenvalue weighted by Crippen LogP contribution is 2.31. The van der Waals surface area contributed by atoms with Crippen LogP contribution in [0.15, 0.2) is 0 Å². The van der Waals surface area contributed by atoms with E-state index >= 15 is 0 Å². The number of rotatable bonds is 8. The number of amides is 1. The van der Waals surface area contributed by atoms with Gasteiger partial charge in [0.05, 0.1) is 13.2 Å². The van der Waals surface area contributed by atoms with Crippen molar-refractivity contribution >= 4 is 12.1 Å². The van der Waals surface area contributed by atoms with Crippen LogP contribution in [-0.4, -0.2) is 30.8 Å². The summed E-state index contributed by atoms with van der Waals surface area (Å²) in [5.41, 5.74) is -0.875. The van der Waals surface area contributed by atoms with Gasteiger partial charge in [-0.05, 0) is 25.2 Å². The lowest BCUT2D eigenvalue weighted by Gasteiger charge is -2.27. The van der Waals surface area contributed by atoms with Crippen molar-refractivity contribution < 1.29 is 19.1 Å². The molecule has 122 valence electrons. The minimum absolute atomic E-state index is 0.274. The Morgan fingerprint density at radius 2 is 1.81 bits per heavy atom. The Kier molecular flexibility index (Phi) is 7.54. The van der Waals surface area contributed by atoms with E-state index < -0.39 is 11.6 Å². The van der Waals surface area contributed by atoms with Crippen LogP contribution in [0.1, 0.15) is 65.7 Å². The van der Waals surface area contributed by atoms with Gasteiger partial charge in [-0.1, -0.05) is 46.5 Å². The van der Waals surface area contributed by atoms with Crippen LogP contribution in [0.2, 0.25) is 0 Å². The number of carbonyl (C=O) groups is 2. The summed E-state index contributed by atoms with van der Waals surface area (Å²) in [6, 6.07) is 0. The molecule has 1 aliphatic carbocycles. The second-order valence-electron chi connectivity index (χ2n) is 6.25. The first kappa shape index (κ1) is 17.8. The van der Waals surface area contributed by atoms with Crippen LogP contribution in [0, 0.1) is 5.92 Å². The van der Waals surface area contributed by atoms with Crippen molar-refractivity contribution in [1.29, 1.82) is 0 Å². The minimum atomic E-state index is -0.875. The highest BCUT2D eigenvalue weighted by atomic mass is 16.6. The summed E-state index contributed by atoms with van der Waals surface area (Å²) >= 11 is 0. The van der Waals surface area contributed by atoms with E-state index in [1.165, 1.54) is 0 Å². The minimum Gasteiger partial charge on any atom is -0.464 e. The molecule has 0 unspecified atom stereocenters. The van der Waals surface area contributed by atoms with Crippen LogP contribution in [0.5, 0.6) is 0 Å². The monoisotopic (exact) mass is 299 g/mol. The molecule has 0 spiro atoms. The number of nitrogens with one attached hydrogen (secondary N) is 1. The molecule has 1 fully saturated rings. The topological polar surface area (TPSA) is 64.6 Å². The quantitative estimate of drug-likeness (QED) is 0.551. The molecule has 1 amide bonds. The Hall–Kier alpha value is -1.26. The van der Waals surface area contributed by atoms with Crippen LogP contribution in [0.3, 0.4) is 0 Å². The molecule has 21 heavy (non-hydrogen) atoms. The normalized spacial score (nSPS) is 16.8. The number of esters is 1. The molecule has 0 aromatic rings. The molecule has 1 N–H and O–H groups in total. The smallest absolute Gasteiger partial charge is 0.408 e. The fourth-order valence-corrected chi connectivity index (χ4v) is 2.49. The molecular formula is C16H29NO4. The molecule has 0 heterocycles. The first-order valence-electron chi connectivity index (χ1n) is 8.12. The molecule has 1 saturated carbocycles. The van der Waals surface area contributed by atoms with Crippen LogP contribution in [-0.2, 0) is 14.3 Å². The van der Waals surface area contributed by atoms with Crippen molar-refractivity contribution in [2.24, 2.45) is 5.92 Å². The Bertz CT molecular complexity index is 335. The van der Waals surface area contributed by atoms with E-state index in [4.69, 9.17) is 9.47 Å². The summed E-state index contributed by atoms with van der Waals surface area (Å²) in [7, 11) is 0. The predicted octanol–water partition coefficient (Wildman–Crippen LogP) is 3.41. The van der Waals surface area contributed by atoms with Crippen molar-refractivity contribution in [2.45, 2.75) is 71.3 Å². The molecule has 0 atom stereocenters. The van der Waals surface area contributed by atoms with Gasteiger partial charge in [0.2, 0.25) is 0 Å². The standard InChI is InChI=1S/C16H29NO4/c1-4-5-8-11-20-14(18)16(9-6-7-10-16)17-15(19)21-12-13(2)3/h13H,4-12H2,1-3H3,(H,17,19). The van der Waals surface area contributed by atoms with Crippen molar-refractivity contribution in [3.05, 3.63) is 0 Å². The molecule has 0 radical (unpaired) electrons. The van der Waals surface area contributed by atoms with Gasteiger partial charge in [0.1, 0.15) is 5.54 Å². The van der Waals surface area contributed by atoms with Gasteiger partial charge in [-0.25, -0.2) is 9.59 Å². The number of carbonyl (C=O) groups excluding carboxylic acids is 2. The van der Waals surface area contributed by atoms with Crippen LogP contribution < -0.4 is 5.32 Å². The largest absolute Gasteiger partial charge is 0.464 e. The number of alkyl carbamates (subject to hydrolysis) is 1. The molecule has 0 aromatic carbocycles. The number of unbranched alkanes of at least 4 members (excludes halogenated alkanes) is 2. The van der Waals surface area contributed by atoms with Crippen LogP contribution in [0.4, 0.5) is 4.79 Å². The molecular weight excluding hydrogens is 270 g/mol. The van der Waals surface area contributed by atoms with Gasteiger partial charge in [-0.15, -0.1) is 0 Å². The Morgan fingerprint density at radius 1 is 1.14 bits per heavy atom. The third-order valence-corrected chi connectivity index (χ3v) is 3.72. The molecule has 0 aliphatic heterocycles. The molecule has 5 heteroatoms. The average molecular weight is 299 g/mol. The van der Waals surface area contributed by atoms with Crippen LogP contribution in [0.25, 0.3) is 0 Å². The lowest BCUT2D eigenvalue weighted by molar-refractivity contribution is -0.151. The second-order valence-corrected chi connectivity index (χ2v) is 6.25. The predicted molar refractivity (Wildman–Crippen MR) is 81.0 cm³/mol. The zero-order valence-corrected chi connectivity index (χ0v) is 13.6. The zero-order valence-electron chi connectivity index (χ0n) is 13.6. The van der Waals surface area contributed by atoms with Gasteiger partial charge < -0.3 is 14.8 Å². The Balaban J connectivity index is 2.49. The molecule has 0 bridgehead atoms. The highest BCUT2D eigenvalue weighted by Gasteiger charge is 2.44. The molecule has 1 rings (SSSR count). The maximum absolute atomic E-state index is 12.3. The van der Waals surface area contributed by atoms with E-state index in [2.05, 4.69) is 12.2 Å². The number of ether oxygens (including phenoxy) is 2. The Labute approximate surface area is 127 Å². The average Bonchev–Trinajstić information content (AvgIpc) is 2.91. The van der Waals surface area contributed by atoms with E-state index in [-0.39, 0.29) is 11.9 Å². The van der Waals surface area contributed by atoms with Gasteiger partial charge in [0, 0.05) is 0 Å². The van der Waals surface area contributed by atoms with Gasteiger partial charge in [0.15, 0.2) is 0 Å². The molecule has 0 saturated heterocycles. The van der Waals surface area contributed by atoms with Crippen molar-refractivity contribution in [2.75, 3.05) is 13.2 Å². The van der Waals surface area contributed by atoms with E-state index in [1.54, 1.807) is 0 Å². The lowest BCUT2D eigenvalue weighted by atomic mass is 9.98. The summed E-state index contributed by atoms with van der Waals surface area (Å²) in [5.74, 6) is -0.0335. The fourth-order valence-electron chi connectivity index (χ4n) is 2.49. The zero-order chi connectivity index (χ0) is 15.7. The summed E-state index contributed by atoms with van der Waals surface area (Å²) < 4.78 is 10.5. The first-order valence-corrected chi connectivity index (χ1v) is 8.12. The highest BCUT2D eigenvalue weighted by molar-refractivity contribution is 5.86. The van der Waals surface area contributed by atoms with E-state index in [9.17, 15) is 9.59 Å². The third-order valence-electron chi connectivity index (χ3n) is 3.72. The van der Waals surface area contributed by atoms with Crippen molar-refractivity contribution in [1.82, 2.24) is 5.32 Å². The Morgan fingerprint density at radius 3 is 2.38 bits per heavy atom. The molecule has 0 aromatic heterocycles. The summed E-state index contributed by atoms with van der Waals surface area (Å²) in [6.45, 7) is 6.83. The maximum Gasteiger partial charge on any atom is 0.408 e. The van der Waals surface area contributed by atoms with Gasteiger partial charge >= 0.3 is 12.1 Å². The summed E-state index contributed by atoms with van der Waals surface area (Å²) in [5, 5.41) is 2.75. The van der Waals surface area contributed by atoms with Crippen molar-refractivity contribution in [3.8, 4) is 0 Å². The second kappa shape index (κ2) is 8.90. The van der Waals surface area contributed by atoms with E-state index in [0.29, 0.717) is 26.1 Å². The van der Waals surface area contributed by atoms with Gasteiger partial charge in [0.25, 0.3) is 0 Å². The maximum atomic E-state index is 12.3. The lowest BCUT2D eigenvalue weighted by Crippen LogP contribution is -2.53. The van der Waals surface area contributed by atoms with Gasteiger partial charge in [-0.3, -0.25) is 0 Å². The van der Waals surface area contributed by atoms with Gasteiger partial charge in [-0.2, -0.15) is 0 Å². The number of hydrogen-bond acceptors (Lipinski definition) is 4. The van der Waals surface area contributed by atoms with Crippen LogP contribution >= 0.6 is 0 Å². The first-order chi connectivity index (χ1) is 10.00. The third kappa shape index (κ3) is 5.94. The fraction of sp³-hybridized carbons (Fsp3) is 0.875. The number of hydrogen-bond donors (Lipinski definition) is 1. The SMILES string of the molecule is CCCCCOC(=O)C1(NC(=O)OCC(C)C)CCCC1. The van der Waals surface area contributed by atoms with Crippen molar-refractivity contribution in [3.63, 3.8) is 0 Å². The summed E-state index contributed by atoms with van der Waals surface area (Å²) in [4.78, 5) is 24.2. The van der Waals surface area contributed by atoms with E-state index in [0.717, 1.165) is 32.1 Å². The van der Waals surface area contributed by atoms with E-state index in [1.807, 2.05) is 13.8 Å².